The van der Waals surface area contributed by atoms with Crippen LogP contribution < -0.4 is 10.6 Å². The summed E-state index contributed by atoms with van der Waals surface area (Å²) in [5, 5.41) is 14.5. The maximum atomic E-state index is 12.7. The number of rotatable bonds is 8. The number of hydrogen-bond donors (Lipinski definition) is 3. The predicted molar refractivity (Wildman–Crippen MR) is 133 cm³/mol. The van der Waals surface area contributed by atoms with Crippen LogP contribution in [0.2, 0.25) is 15.1 Å². The number of carbonyl (C=O) groups is 2. The van der Waals surface area contributed by atoms with E-state index in [-0.39, 0.29) is 28.5 Å². The van der Waals surface area contributed by atoms with E-state index in [1.165, 1.54) is 17.8 Å². The van der Waals surface area contributed by atoms with Crippen molar-refractivity contribution in [2.24, 2.45) is 5.92 Å². The van der Waals surface area contributed by atoms with Gasteiger partial charge in [-0.05, 0) is 48.7 Å². The summed E-state index contributed by atoms with van der Waals surface area (Å²) in [7, 11) is 0. The molecule has 0 saturated heterocycles. The van der Waals surface area contributed by atoms with Crippen molar-refractivity contribution in [3.63, 3.8) is 0 Å². The molecule has 2 aromatic carbocycles. The highest BCUT2D eigenvalue weighted by molar-refractivity contribution is 7.99. The van der Waals surface area contributed by atoms with Gasteiger partial charge in [0.15, 0.2) is 0 Å². The lowest BCUT2D eigenvalue weighted by Crippen LogP contribution is -2.32. The van der Waals surface area contributed by atoms with Crippen LogP contribution in [0.25, 0.3) is 0 Å². The first-order chi connectivity index (χ1) is 15.7. The van der Waals surface area contributed by atoms with E-state index in [9.17, 15) is 9.59 Å². The Morgan fingerprint density at radius 2 is 1.88 bits per heavy atom. The molecule has 0 saturated carbocycles. The average Bonchev–Trinajstić information content (AvgIpc) is 3.22. The molecule has 11 heteroatoms. The van der Waals surface area contributed by atoms with Gasteiger partial charge in [0.2, 0.25) is 11.1 Å². The number of aromatic amines is 1. The molecule has 0 unspecified atom stereocenters. The van der Waals surface area contributed by atoms with Gasteiger partial charge in [-0.1, -0.05) is 66.5 Å². The minimum atomic E-state index is -0.436. The predicted octanol–water partition coefficient (Wildman–Crippen LogP) is 5.93. The van der Waals surface area contributed by atoms with Crippen LogP contribution in [0.3, 0.4) is 0 Å². The average molecular weight is 527 g/mol. The summed E-state index contributed by atoms with van der Waals surface area (Å²) >= 11 is 19.3. The molecule has 0 fully saturated rings. The van der Waals surface area contributed by atoms with Crippen molar-refractivity contribution in [2.45, 2.75) is 32.0 Å². The number of thioether (sulfide) groups is 1. The number of carbonyl (C=O) groups excluding carboxylic acids is 2. The number of aromatic nitrogens is 3. The number of nitrogens with one attached hydrogen (secondary N) is 3. The number of hydrogen-bond acceptors (Lipinski definition) is 5. The molecule has 3 N–H and O–H groups in total. The third kappa shape index (κ3) is 6.63. The minimum Gasteiger partial charge on any atom is -0.342 e. The molecular weight excluding hydrogens is 505 g/mol. The molecule has 3 rings (SSSR count). The van der Waals surface area contributed by atoms with Gasteiger partial charge in [0.05, 0.1) is 22.4 Å². The Morgan fingerprint density at radius 1 is 1.12 bits per heavy atom. The summed E-state index contributed by atoms with van der Waals surface area (Å²) in [4.78, 5) is 29.5. The molecule has 7 nitrogen and oxygen atoms in total. The van der Waals surface area contributed by atoms with Crippen LogP contribution in [-0.2, 0) is 4.79 Å². The fourth-order valence-electron chi connectivity index (χ4n) is 2.96. The highest BCUT2D eigenvalue weighted by atomic mass is 35.5. The quantitative estimate of drug-likeness (QED) is 0.316. The van der Waals surface area contributed by atoms with E-state index in [1.54, 1.807) is 30.3 Å². The van der Waals surface area contributed by atoms with Gasteiger partial charge in [0.1, 0.15) is 5.82 Å². The van der Waals surface area contributed by atoms with E-state index >= 15 is 0 Å². The van der Waals surface area contributed by atoms with Crippen LogP contribution in [0.5, 0.6) is 0 Å². The molecule has 1 heterocycles. The summed E-state index contributed by atoms with van der Waals surface area (Å²) in [6.45, 7) is 5.74. The van der Waals surface area contributed by atoms with Gasteiger partial charge in [0.25, 0.3) is 5.91 Å². The van der Waals surface area contributed by atoms with Gasteiger partial charge < -0.3 is 10.6 Å². The zero-order chi connectivity index (χ0) is 24.1. The number of nitrogens with zero attached hydrogens (tertiary/aromatic N) is 2. The largest absolute Gasteiger partial charge is 0.342 e. The van der Waals surface area contributed by atoms with Gasteiger partial charge in [0, 0.05) is 15.7 Å². The Morgan fingerprint density at radius 3 is 2.58 bits per heavy atom. The van der Waals surface area contributed by atoms with E-state index in [4.69, 9.17) is 34.8 Å². The molecule has 3 aromatic rings. The molecular formula is C22H22Cl3N5O2S. The van der Waals surface area contributed by atoms with Crippen LogP contribution in [0, 0.1) is 12.8 Å². The summed E-state index contributed by atoms with van der Waals surface area (Å²) in [5.41, 5.74) is 1.77. The maximum Gasteiger partial charge on any atom is 0.253 e. The van der Waals surface area contributed by atoms with E-state index in [0.29, 0.717) is 32.3 Å². The Kier molecular flexibility index (Phi) is 8.64. The molecule has 2 amide bonds. The van der Waals surface area contributed by atoms with Crippen molar-refractivity contribution in [3.8, 4) is 0 Å². The lowest BCUT2D eigenvalue weighted by molar-refractivity contribution is -0.113. The number of H-pyrrole nitrogens is 1. The normalized spacial score (nSPS) is 12.0. The van der Waals surface area contributed by atoms with Crippen LogP contribution in [0.4, 0.5) is 5.69 Å². The Balaban J connectivity index is 1.63. The summed E-state index contributed by atoms with van der Waals surface area (Å²) in [6, 6.07) is 9.58. The van der Waals surface area contributed by atoms with Crippen molar-refractivity contribution in [2.75, 3.05) is 11.1 Å². The van der Waals surface area contributed by atoms with Crippen molar-refractivity contribution in [1.29, 1.82) is 0 Å². The molecule has 0 radical (unpaired) electrons. The number of benzene rings is 2. The zero-order valence-electron chi connectivity index (χ0n) is 18.1. The topological polar surface area (TPSA) is 99.8 Å². The molecule has 174 valence electrons. The zero-order valence-corrected chi connectivity index (χ0v) is 21.2. The first-order valence-electron chi connectivity index (χ1n) is 10.0. The molecule has 33 heavy (non-hydrogen) atoms. The Bertz CT molecular complexity index is 1170. The second-order valence-corrected chi connectivity index (χ2v) is 9.77. The van der Waals surface area contributed by atoms with E-state index in [2.05, 4.69) is 25.8 Å². The van der Waals surface area contributed by atoms with Gasteiger partial charge in [-0.15, -0.1) is 5.10 Å². The highest BCUT2D eigenvalue weighted by Gasteiger charge is 2.24. The monoisotopic (exact) mass is 525 g/mol. The van der Waals surface area contributed by atoms with E-state index < -0.39 is 6.04 Å². The molecule has 0 bridgehead atoms. The Hall–Kier alpha value is -2.26. The summed E-state index contributed by atoms with van der Waals surface area (Å²) in [6.07, 6.45) is 0. The van der Waals surface area contributed by atoms with Crippen LogP contribution in [0.1, 0.15) is 41.6 Å². The van der Waals surface area contributed by atoms with Crippen molar-refractivity contribution < 1.29 is 9.59 Å². The fourth-order valence-corrected chi connectivity index (χ4v) is 4.24. The van der Waals surface area contributed by atoms with Crippen LogP contribution in [0.15, 0.2) is 41.6 Å². The molecule has 0 aliphatic heterocycles. The van der Waals surface area contributed by atoms with Crippen molar-refractivity contribution >= 4 is 64.1 Å². The third-order valence-corrected chi connectivity index (χ3v) is 6.58. The second kappa shape index (κ2) is 11.2. The lowest BCUT2D eigenvalue weighted by Gasteiger charge is -2.20. The smallest absolute Gasteiger partial charge is 0.253 e. The molecule has 0 spiro atoms. The Labute approximate surface area is 211 Å². The first kappa shape index (κ1) is 25.4. The molecule has 1 aromatic heterocycles. The number of halogens is 3. The third-order valence-electron chi connectivity index (χ3n) is 4.78. The SMILES string of the molecule is Cc1c(Cl)cccc1NC(=O)CSc1n[nH]c([C@H](NC(=O)c2ccc(Cl)cc2Cl)C(C)C)n1. The second-order valence-electron chi connectivity index (χ2n) is 7.57. The van der Waals surface area contributed by atoms with E-state index in [0.717, 1.165) is 5.56 Å². The summed E-state index contributed by atoms with van der Waals surface area (Å²) in [5.74, 6) is 0.0551. The minimum absolute atomic E-state index is 0.0138. The molecule has 1 atom stereocenters. The fraction of sp³-hybridized carbons (Fsp3) is 0.273. The van der Waals surface area contributed by atoms with Crippen molar-refractivity contribution in [1.82, 2.24) is 20.5 Å². The number of anilines is 1. The van der Waals surface area contributed by atoms with Gasteiger partial charge in [-0.2, -0.15) is 0 Å². The number of amides is 2. The van der Waals surface area contributed by atoms with Gasteiger partial charge in [-0.25, -0.2) is 4.98 Å². The maximum absolute atomic E-state index is 12.7. The highest BCUT2D eigenvalue weighted by Crippen LogP contribution is 2.26. The van der Waals surface area contributed by atoms with Gasteiger partial charge >= 0.3 is 0 Å². The van der Waals surface area contributed by atoms with Crippen LogP contribution >= 0.6 is 46.6 Å². The first-order valence-corrected chi connectivity index (χ1v) is 12.1. The van der Waals surface area contributed by atoms with Crippen LogP contribution in [-0.4, -0.2) is 32.7 Å². The molecule has 0 aliphatic carbocycles. The van der Waals surface area contributed by atoms with E-state index in [1.807, 2.05) is 20.8 Å². The van der Waals surface area contributed by atoms with Crippen molar-refractivity contribution in [3.05, 3.63) is 68.4 Å². The lowest BCUT2D eigenvalue weighted by atomic mass is 10.0. The van der Waals surface area contributed by atoms with Gasteiger partial charge in [-0.3, -0.25) is 14.7 Å². The standard InChI is InChI=1S/C22H22Cl3N5O2S/c1-11(2)19(27-21(32)14-8-7-13(23)9-16(14)25)20-28-22(30-29-20)33-10-18(31)26-17-6-4-5-15(24)12(17)3/h4-9,11,19H,10H2,1-3H3,(H,26,31)(H,27,32)(H,28,29,30)/t19-/m1/s1. The summed E-state index contributed by atoms with van der Waals surface area (Å²) < 4.78 is 0. The molecule has 0 aliphatic rings.